The van der Waals surface area contributed by atoms with Gasteiger partial charge >= 0.3 is 0 Å². The average Bonchev–Trinajstić information content (AvgIpc) is 2.11. The Morgan fingerprint density at radius 1 is 1.24 bits per heavy atom. The van der Waals surface area contributed by atoms with Gasteiger partial charge in [-0.15, -0.1) is 0 Å². The molecule has 0 radical (unpaired) electrons. The number of carbonyl (C=O) groups is 1. The maximum absolute atomic E-state index is 11.1. The summed E-state index contributed by atoms with van der Waals surface area (Å²) in [5.41, 5.74) is -0.646. The Kier molecular flexibility index (Phi) is 3.76. The fourth-order valence-corrected chi connectivity index (χ4v) is 3.30. The zero-order valence-electron chi connectivity index (χ0n) is 12.0. The van der Waals surface area contributed by atoms with E-state index in [2.05, 4.69) is 33.0 Å². The van der Waals surface area contributed by atoms with Crippen molar-refractivity contribution in [2.45, 2.75) is 71.6 Å². The molecule has 1 fully saturated rings. The lowest BCUT2D eigenvalue weighted by atomic mass is 9.68. The van der Waals surface area contributed by atoms with Gasteiger partial charge in [0.25, 0.3) is 0 Å². The third kappa shape index (κ3) is 3.52. The van der Waals surface area contributed by atoms with Crippen LogP contribution < -0.4 is 5.32 Å². The van der Waals surface area contributed by atoms with Crippen molar-refractivity contribution in [1.29, 1.82) is 0 Å². The highest BCUT2D eigenvalue weighted by atomic mass is 16.3. The molecule has 2 N–H and O–H groups in total. The summed E-state index contributed by atoms with van der Waals surface area (Å²) in [5.74, 6) is 0.168. The summed E-state index contributed by atoms with van der Waals surface area (Å²) in [6.45, 7) is 12.2. The quantitative estimate of drug-likeness (QED) is 0.744. The molecule has 0 spiro atoms. The number of hydrogen-bond donors (Lipinski definition) is 2. The number of hydrogen-bond acceptors (Lipinski definition) is 3. The first-order valence-corrected chi connectivity index (χ1v) is 6.43. The SMILES string of the molecule is CC1(C)CC(C(O)C(C)(C)C=O)CC(C)(C)N1. The molecule has 1 rings (SSSR count). The van der Waals surface area contributed by atoms with Crippen LogP contribution in [0.1, 0.15) is 54.4 Å². The monoisotopic (exact) mass is 241 g/mol. The number of piperidine rings is 1. The first-order chi connectivity index (χ1) is 7.49. The predicted molar refractivity (Wildman–Crippen MR) is 69.9 cm³/mol. The van der Waals surface area contributed by atoms with Crippen molar-refractivity contribution in [2.24, 2.45) is 11.3 Å². The predicted octanol–water partition coefficient (Wildman–Crippen LogP) is 2.13. The van der Waals surface area contributed by atoms with Gasteiger partial charge in [-0.2, -0.15) is 0 Å². The second-order valence-corrected chi connectivity index (χ2v) is 7.45. The van der Waals surface area contributed by atoms with Crippen LogP contribution in [0.5, 0.6) is 0 Å². The van der Waals surface area contributed by atoms with Gasteiger partial charge in [0.05, 0.1) is 6.10 Å². The topological polar surface area (TPSA) is 49.3 Å². The van der Waals surface area contributed by atoms with Crippen LogP contribution in [0.15, 0.2) is 0 Å². The normalized spacial score (nSPS) is 26.5. The number of nitrogens with one attached hydrogen (secondary N) is 1. The minimum absolute atomic E-state index is 0.00631. The van der Waals surface area contributed by atoms with Crippen molar-refractivity contribution in [3.05, 3.63) is 0 Å². The van der Waals surface area contributed by atoms with Gasteiger partial charge in [0.1, 0.15) is 6.29 Å². The van der Waals surface area contributed by atoms with E-state index in [0.29, 0.717) is 0 Å². The summed E-state index contributed by atoms with van der Waals surface area (Å²) in [4.78, 5) is 11.1. The van der Waals surface area contributed by atoms with Crippen LogP contribution in [0, 0.1) is 11.3 Å². The molecule has 0 aromatic rings. The maximum Gasteiger partial charge on any atom is 0.128 e. The minimum Gasteiger partial charge on any atom is -0.392 e. The zero-order valence-corrected chi connectivity index (χ0v) is 12.0. The zero-order chi connectivity index (χ0) is 13.5. The van der Waals surface area contributed by atoms with E-state index in [9.17, 15) is 9.90 Å². The van der Waals surface area contributed by atoms with Crippen LogP contribution in [0.4, 0.5) is 0 Å². The summed E-state index contributed by atoms with van der Waals surface area (Å²) < 4.78 is 0. The van der Waals surface area contributed by atoms with Gasteiger partial charge in [-0.1, -0.05) is 13.8 Å². The second-order valence-electron chi connectivity index (χ2n) is 7.45. The lowest BCUT2D eigenvalue weighted by Gasteiger charge is -2.49. The lowest BCUT2D eigenvalue weighted by molar-refractivity contribution is -0.124. The first kappa shape index (κ1) is 14.7. The Balaban J connectivity index is 2.88. The van der Waals surface area contributed by atoms with Crippen molar-refractivity contribution in [3.8, 4) is 0 Å². The number of carbonyl (C=O) groups excluding carboxylic acids is 1. The minimum atomic E-state index is -0.659. The van der Waals surface area contributed by atoms with Gasteiger partial charge in [0, 0.05) is 16.5 Å². The molecule has 0 aliphatic carbocycles. The van der Waals surface area contributed by atoms with Crippen LogP contribution >= 0.6 is 0 Å². The van der Waals surface area contributed by atoms with E-state index < -0.39 is 11.5 Å². The van der Waals surface area contributed by atoms with Crippen LogP contribution in [0.3, 0.4) is 0 Å². The molecule has 0 aromatic carbocycles. The highest BCUT2D eigenvalue weighted by molar-refractivity contribution is 5.59. The molecular weight excluding hydrogens is 214 g/mol. The van der Waals surface area contributed by atoms with E-state index in [-0.39, 0.29) is 17.0 Å². The van der Waals surface area contributed by atoms with Gasteiger partial charge in [0.15, 0.2) is 0 Å². The van der Waals surface area contributed by atoms with Crippen molar-refractivity contribution in [2.75, 3.05) is 0 Å². The van der Waals surface area contributed by atoms with Gasteiger partial charge in [0.2, 0.25) is 0 Å². The summed E-state index contributed by atoms with van der Waals surface area (Å²) in [6.07, 6.45) is 2.10. The number of aliphatic hydroxyl groups is 1. The third-order valence-electron chi connectivity index (χ3n) is 3.73. The standard InChI is InChI=1S/C14H27NO2/c1-12(2,9-16)11(17)10-7-13(3,4)15-14(5,6)8-10/h9-11,15,17H,7-8H2,1-6H3. The Morgan fingerprint density at radius 3 is 2.00 bits per heavy atom. The van der Waals surface area contributed by atoms with E-state index in [1.165, 1.54) is 0 Å². The molecule has 1 unspecified atom stereocenters. The van der Waals surface area contributed by atoms with E-state index in [0.717, 1.165) is 19.1 Å². The van der Waals surface area contributed by atoms with Crippen molar-refractivity contribution >= 4 is 6.29 Å². The molecule has 3 nitrogen and oxygen atoms in total. The fraction of sp³-hybridized carbons (Fsp3) is 0.929. The summed E-state index contributed by atoms with van der Waals surface area (Å²) in [6, 6.07) is 0. The van der Waals surface area contributed by atoms with Crippen molar-refractivity contribution in [1.82, 2.24) is 5.32 Å². The molecule has 0 bridgehead atoms. The largest absolute Gasteiger partial charge is 0.392 e. The van der Waals surface area contributed by atoms with Gasteiger partial charge in [-0.25, -0.2) is 0 Å². The van der Waals surface area contributed by atoms with E-state index in [4.69, 9.17) is 0 Å². The number of aliphatic hydroxyl groups excluding tert-OH is 1. The van der Waals surface area contributed by atoms with Crippen LogP contribution in [-0.4, -0.2) is 28.6 Å². The molecule has 1 saturated heterocycles. The molecule has 1 heterocycles. The van der Waals surface area contributed by atoms with E-state index >= 15 is 0 Å². The van der Waals surface area contributed by atoms with Crippen LogP contribution in [0.2, 0.25) is 0 Å². The molecule has 0 saturated carbocycles. The molecule has 100 valence electrons. The molecule has 1 aliphatic heterocycles. The second kappa shape index (κ2) is 4.36. The highest BCUT2D eigenvalue weighted by Crippen LogP contribution is 2.38. The van der Waals surface area contributed by atoms with Gasteiger partial charge < -0.3 is 15.2 Å². The number of rotatable bonds is 3. The van der Waals surface area contributed by atoms with E-state index in [1.54, 1.807) is 0 Å². The van der Waals surface area contributed by atoms with Gasteiger partial charge in [-0.3, -0.25) is 0 Å². The molecule has 17 heavy (non-hydrogen) atoms. The Bertz CT molecular complexity index is 279. The highest BCUT2D eigenvalue weighted by Gasteiger charge is 2.44. The Morgan fingerprint density at radius 2 is 1.65 bits per heavy atom. The van der Waals surface area contributed by atoms with E-state index in [1.807, 2.05) is 13.8 Å². The Hall–Kier alpha value is -0.410. The molecule has 0 amide bonds. The molecule has 0 aromatic heterocycles. The summed E-state index contributed by atoms with van der Waals surface area (Å²) in [7, 11) is 0. The lowest BCUT2D eigenvalue weighted by Crippen LogP contribution is -2.60. The molecule has 1 aliphatic rings. The third-order valence-corrected chi connectivity index (χ3v) is 3.73. The Labute approximate surface area is 105 Å². The molecule has 1 atom stereocenters. The van der Waals surface area contributed by atoms with Crippen LogP contribution in [0.25, 0.3) is 0 Å². The summed E-state index contributed by atoms with van der Waals surface area (Å²) >= 11 is 0. The van der Waals surface area contributed by atoms with Crippen molar-refractivity contribution < 1.29 is 9.90 Å². The fourth-order valence-electron chi connectivity index (χ4n) is 3.30. The van der Waals surface area contributed by atoms with Crippen molar-refractivity contribution in [3.63, 3.8) is 0 Å². The van der Waals surface area contributed by atoms with Crippen LogP contribution in [-0.2, 0) is 4.79 Å². The molecule has 3 heteroatoms. The first-order valence-electron chi connectivity index (χ1n) is 6.43. The smallest absolute Gasteiger partial charge is 0.128 e. The average molecular weight is 241 g/mol. The maximum atomic E-state index is 11.1. The molecular formula is C14H27NO2. The van der Waals surface area contributed by atoms with Gasteiger partial charge in [-0.05, 0) is 46.5 Å². The number of aldehydes is 1. The summed E-state index contributed by atoms with van der Waals surface area (Å²) in [5, 5.41) is 14.0.